The zero-order valence-electron chi connectivity index (χ0n) is 10.1. The van der Waals surface area contributed by atoms with E-state index in [-0.39, 0.29) is 0 Å². The number of aromatic nitrogens is 1. The molecule has 3 heteroatoms. The summed E-state index contributed by atoms with van der Waals surface area (Å²) in [5, 5.41) is 8.76. The lowest BCUT2D eigenvalue weighted by Gasteiger charge is -1.97. The van der Waals surface area contributed by atoms with E-state index in [2.05, 4.69) is 35.3 Å². The fraction of sp³-hybridized carbons (Fsp3) is 0. The lowest BCUT2D eigenvalue weighted by Crippen LogP contribution is -1.81. The minimum atomic E-state index is 0.587. The van der Waals surface area contributed by atoms with Crippen molar-refractivity contribution in [3.8, 4) is 27.1 Å². The molecule has 2 heterocycles. The van der Waals surface area contributed by atoms with Crippen LogP contribution in [0.2, 0.25) is 0 Å². The molecule has 0 spiro atoms. The molecule has 0 bridgehead atoms. The summed E-state index contributed by atoms with van der Waals surface area (Å²) in [6, 6.07) is 20.2. The molecule has 0 amide bonds. The average Bonchev–Trinajstić information content (AvgIpc) is 2.98. The van der Waals surface area contributed by atoms with Crippen molar-refractivity contribution in [2.75, 3.05) is 0 Å². The van der Waals surface area contributed by atoms with Gasteiger partial charge in [-0.1, -0.05) is 30.3 Å². The van der Waals surface area contributed by atoms with E-state index < -0.39 is 0 Å². The van der Waals surface area contributed by atoms with E-state index in [4.69, 9.17) is 5.26 Å². The highest BCUT2D eigenvalue weighted by Crippen LogP contribution is 2.33. The van der Waals surface area contributed by atoms with Crippen LogP contribution in [0.3, 0.4) is 0 Å². The number of thiophene rings is 1. The smallest absolute Gasteiger partial charge is 0.101 e. The van der Waals surface area contributed by atoms with E-state index in [1.165, 1.54) is 10.4 Å². The molecular weight excluding hydrogens is 252 g/mol. The lowest BCUT2D eigenvalue weighted by atomic mass is 10.2. The molecule has 19 heavy (non-hydrogen) atoms. The topological polar surface area (TPSA) is 36.7 Å². The first-order valence-corrected chi connectivity index (χ1v) is 6.70. The predicted molar refractivity (Wildman–Crippen MR) is 77.7 cm³/mol. The third kappa shape index (κ3) is 2.40. The van der Waals surface area contributed by atoms with Crippen molar-refractivity contribution in [1.82, 2.24) is 4.98 Å². The lowest BCUT2D eigenvalue weighted by molar-refractivity contribution is 1.31. The van der Waals surface area contributed by atoms with Crippen LogP contribution in [0.4, 0.5) is 0 Å². The summed E-state index contributed by atoms with van der Waals surface area (Å²) >= 11 is 1.71. The van der Waals surface area contributed by atoms with E-state index >= 15 is 0 Å². The molecule has 3 rings (SSSR count). The molecule has 0 saturated carbocycles. The van der Waals surface area contributed by atoms with Gasteiger partial charge in [0.05, 0.1) is 16.1 Å². The fourth-order valence-corrected chi connectivity index (χ4v) is 2.83. The van der Waals surface area contributed by atoms with Gasteiger partial charge in [0.15, 0.2) is 0 Å². The van der Waals surface area contributed by atoms with Gasteiger partial charge in [-0.3, -0.25) is 4.98 Å². The van der Waals surface area contributed by atoms with Gasteiger partial charge in [0.2, 0.25) is 0 Å². The second kappa shape index (κ2) is 5.05. The zero-order chi connectivity index (χ0) is 13.1. The second-order valence-electron chi connectivity index (χ2n) is 4.07. The van der Waals surface area contributed by atoms with Crippen LogP contribution in [-0.2, 0) is 0 Å². The quantitative estimate of drug-likeness (QED) is 0.688. The normalized spacial score (nSPS) is 10.1. The zero-order valence-corrected chi connectivity index (χ0v) is 10.9. The maximum atomic E-state index is 8.76. The molecule has 0 atom stereocenters. The average molecular weight is 262 g/mol. The van der Waals surface area contributed by atoms with Crippen LogP contribution in [0, 0.1) is 11.3 Å². The fourth-order valence-electron chi connectivity index (χ4n) is 1.84. The summed E-state index contributed by atoms with van der Waals surface area (Å²) in [6.07, 6.45) is 1.61. The number of benzene rings is 1. The first-order chi connectivity index (χ1) is 9.36. The van der Waals surface area contributed by atoms with Crippen molar-refractivity contribution >= 4 is 11.3 Å². The van der Waals surface area contributed by atoms with E-state index in [0.717, 1.165) is 10.6 Å². The number of nitrogens with zero attached hydrogens (tertiary/aromatic N) is 2. The molecule has 90 valence electrons. The molecule has 2 aromatic heterocycles. The maximum absolute atomic E-state index is 8.76. The van der Waals surface area contributed by atoms with Gasteiger partial charge in [-0.25, -0.2) is 0 Å². The second-order valence-corrected chi connectivity index (χ2v) is 5.16. The van der Waals surface area contributed by atoms with Crippen molar-refractivity contribution in [2.45, 2.75) is 0 Å². The van der Waals surface area contributed by atoms with Gasteiger partial charge in [-0.2, -0.15) is 5.26 Å². The van der Waals surface area contributed by atoms with Crippen LogP contribution >= 0.6 is 11.3 Å². The van der Waals surface area contributed by atoms with Crippen molar-refractivity contribution in [3.63, 3.8) is 0 Å². The Morgan fingerprint density at radius 1 is 0.895 bits per heavy atom. The highest BCUT2D eigenvalue weighted by atomic mass is 32.1. The van der Waals surface area contributed by atoms with Gasteiger partial charge in [-0.15, -0.1) is 11.3 Å². The molecule has 0 unspecified atom stereocenters. The van der Waals surface area contributed by atoms with Crippen LogP contribution in [-0.4, -0.2) is 4.98 Å². The Kier molecular flexibility index (Phi) is 3.09. The monoisotopic (exact) mass is 262 g/mol. The van der Waals surface area contributed by atoms with Gasteiger partial charge in [0.1, 0.15) is 6.07 Å². The summed E-state index contributed by atoms with van der Waals surface area (Å²) in [6.45, 7) is 0. The van der Waals surface area contributed by atoms with Crippen LogP contribution in [0.5, 0.6) is 0 Å². The molecule has 0 N–H and O–H groups in total. The number of hydrogen-bond acceptors (Lipinski definition) is 3. The Balaban J connectivity index is 1.95. The molecular formula is C16H10N2S. The third-order valence-corrected chi connectivity index (χ3v) is 3.97. The van der Waals surface area contributed by atoms with Gasteiger partial charge in [-0.05, 0) is 29.8 Å². The van der Waals surface area contributed by atoms with Crippen molar-refractivity contribution < 1.29 is 0 Å². The predicted octanol–water partition coefficient (Wildman–Crippen LogP) is 4.35. The molecule has 1 aromatic carbocycles. The highest BCUT2D eigenvalue weighted by Gasteiger charge is 2.05. The summed E-state index contributed by atoms with van der Waals surface area (Å²) < 4.78 is 0. The van der Waals surface area contributed by atoms with Crippen LogP contribution in [0.1, 0.15) is 5.56 Å². The van der Waals surface area contributed by atoms with Gasteiger partial charge in [0, 0.05) is 11.1 Å². The number of hydrogen-bond donors (Lipinski definition) is 0. The largest absolute Gasteiger partial charge is 0.254 e. The van der Waals surface area contributed by atoms with Crippen LogP contribution < -0.4 is 0 Å². The first-order valence-electron chi connectivity index (χ1n) is 5.88. The number of nitriles is 1. The maximum Gasteiger partial charge on any atom is 0.101 e. The Bertz CT molecular complexity index is 721. The highest BCUT2D eigenvalue weighted by molar-refractivity contribution is 7.18. The Morgan fingerprint density at radius 2 is 1.68 bits per heavy atom. The molecule has 2 nitrogen and oxygen atoms in total. The minimum Gasteiger partial charge on any atom is -0.254 e. The summed E-state index contributed by atoms with van der Waals surface area (Å²) in [5.74, 6) is 0. The standard InChI is InChI=1S/C16H10N2S/c17-10-12-6-7-14(18-11-12)16-9-8-15(19-16)13-4-2-1-3-5-13/h1-9,11H. The minimum absolute atomic E-state index is 0.587. The number of rotatable bonds is 2. The van der Waals surface area contributed by atoms with Gasteiger partial charge in [0.25, 0.3) is 0 Å². The van der Waals surface area contributed by atoms with Crippen molar-refractivity contribution in [2.24, 2.45) is 0 Å². The summed E-state index contributed by atoms with van der Waals surface area (Å²) in [7, 11) is 0. The van der Waals surface area contributed by atoms with E-state index in [1.807, 2.05) is 24.3 Å². The molecule has 0 aliphatic heterocycles. The van der Waals surface area contributed by atoms with Gasteiger partial charge < -0.3 is 0 Å². The van der Waals surface area contributed by atoms with Crippen LogP contribution in [0.15, 0.2) is 60.8 Å². The van der Waals surface area contributed by atoms with E-state index in [9.17, 15) is 0 Å². The van der Waals surface area contributed by atoms with Crippen molar-refractivity contribution in [3.05, 3.63) is 66.4 Å². The Morgan fingerprint density at radius 3 is 2.37 bits per heavy atom. The molecule has 0 aliphatic rings. The molecule has 0 saturated heterocycles. The SMILES string of the molecule is N#Cc1ccc(-c2ccc(-c3ccccc3)s2)nc1. The molecule has 0 aliphatic carbocycles. The Hall–Kier alpha value is -2.44. The van der Waals surface area contributed by atoms with Crippen LogP contribution in [0.25, 0.3) is 21.0 Å². The van der Waals surface area contributed by atoms with E-state index in [1.54, 1.807) is 23.6 Å². The molecule has 0 fully saturated rings. The summed E-state index contributed by atoms with van der Waals surface area (Å²) in [4.78, 5) is 6.65. The Labute approximate surface area is 115 Å². The molecule has 0 radical (unpaired) electrons. The first kappa shape index (κ1) is 11.6. The van der Waals surface area contributed by atoms with Gasteiger partial charge >= 0.3 is 0 Å². The molecule has 3 aromatic rings. The third-order valence-electron chi connectivity index (χ3n) is 2.81. The van der Waals surface area contributed by atoms with E-state index in [0.29, 0.717) is 5.56 Å². The van der Waals surface area contributed by atoms with Crippen molar-refractivity contribution in [1.29, 1.82) is 5.26 Å². The summed E-state index contributed by atoms with van der Waals surface area (Å²) in [5.41, 5.74) is 2.71. The number of pyridine rings is 1.